The zero-order chi connectivity index (χ0) is 18.1. The van der Waals surface area contributed by atoms with Gasteiger partial charge in [-0.05, 0) is 63.3 Å². The van der Waals surface area contributed by atoms with Crippen LogP contribution in [0, 0.1) is 27.7 Å². The maximum Gasteiger partial charge on any atom is 0.225 e. The van der Waals surface area contributed by atoms with Gasteiger partial charge in [-0.2, -0.15) is 10.1 Å². The number of hydrogen-bond acceptors (Lipinski definition) is 5. The molecule has 0 amide bonds. The first-order valence-electron chi connectivity index (χ1n) is 7.78. The zero-order valence-electron chi connectivity index (χ0n) is 14.8. The van der Waals surface area contributed by atoms with E-state index < -0.39 is 0 Å². The molecule has 0 fully saturated rings. The lowest BCUT2D eigenvalue weighted by molar-refractivity contribution is 0.453. The third-order valence-electron chi connectivity index (χ3n) is 3.71. The molecule has 2 heterocycles. The molecule has 0 aliphatic carbocycles. The second-order valence-electron chi connectivity index (χ2n) is 5.86. The molecule has 0 saturated heterocycles. The maximum absolute atomic E-state index is 6.23. The van der Waals surface area contributed by atoms with Gasteiger partial charge in [0, 0.05) is 16.8 Å². The van der Waals surface area contributed by atoms with Gasteiger partial charge < -0.3 is 4.74 Å². The van der Waals surface area contributed by atoms with Gasteiger partial charge >= 0.3 is 0 Å². The van der Waals surface area contributed by atoms with E-state index >= 15 is 0 Å². The molecule has 3 aromatic rings. The van der Waals surface area contributed by atoms with E-state index in [4.69, 9.17) is 16.3 Å². The Labute approximate surface area is 156 Å². The summed E-state index contributed by atoms with van der Waals surface area (Å²) in [6.45, 7) is 7.86. The van der Waals surface area contributed by atoms with Crippen molar-refractivity contribution in [2.24, 2.45) is 0 Å². The van der Waals surface area contributed by atoms with Gasteiger partial charge in [0.15, 0.2) is 11.0 Å². The molecule has 0 N–H and O–H groups in total. The highest BCUT2D eigenvalue weighted by Crippen LogP contribution is 2.29. The summed E-state index contributed by atoms with van der Waals surface area (Å²) in [5.74, 6) is 1.86. The second kappa shape index (κ2) is 7.06. The van der Waals surface area contributed by atoms with Crippen molar-refractivity contribution in [2.45, 2.75) is 32.9 Å². The molecular formula is C18H19ClN4OS. The Morgan fingerprint density at radius 2 is 1.68 bits per heavy atom. The van der Waals surface area contributed by atoms with E-state index in [1.807, 2.05) is 52.1 Å². The summed E-state index contributed by atoms with van der Waals surface area (Å²) in [6, 6.07) is 7.60. The molecule has 7 heteroatoms. The summed E-state index contributed by atoms with van der Waals surface area (Å²) in [7, 11) is 0. The molecule has 0 saturated carbocycles. The third-order valence-corrected chi connectivity index (χ3v) is 4.85. The molecule has 25 heavy (non-hydrogen) atoms. The molecule has 3 rings (SSSR count). The molecule has 5 nitrogen and oxygen atoms in total. The molecule has 0 bridgehead atoms. The van der Waals surface area contributed by atoms with Crippen LogP contribution in [-0.4, -0.2) is 26.0 Å². The van der Waals surface area contributed by atoms with Crippen LogP contribution in [0.2, 0.25) is 5.02 Å². The summed E-state index contributed by atoms with van der Waals surface area (Å²) in [5.41, 5.74) is 3.88. The van der Waals surface area contributed by atoms with Crippen molar-refractivity contribution in [2.75, 3.05) is 6.26 Å². The highest BCUT2D eigenvalue weighted by molar-refractivity contribution is 7.98. The summed E-state index contributed by atoms with van der Waals surface area (Å²) in [6.07, 6.45) is 1.93. The van der Waals surface area contributed by atoms with E-state index in [0.717, 1.165) is 27.5 Å². The zero-order valence-corrected chi connectivity index (χ0v) is 16.4. The first kappa shape index (κ1) is 17.8. The normalized spacial score (nSPS) is 11.0. The molecule has 0 aliphatic heterocycles. The highest BCUT2D eigenvalue weighted by atomic mass is 35.5. The predicted octanol–water partition coefficient (Wildman–Crippen LogP) is 5.06. The van der Waals surface area contributed by atoms with Crippen LogP contribution in [0.5, 0.6) is 11.6 Å². The highest BCUT2D eigenvalue weighted by Gasteiger charge is 2.12. The van der Waals surface area contributed by atoms with Gasteiger partial charge in [-0.15, -0.1) is 0 Å². The average Bonchev–Trinajstić information content (AvgIpc) is 2.90. The number of aryl methyl sites for hydroxylation is 4. The third kappa shape index (κ3) is 3.80. The largest absolute Gasteiger partial charge is 0.439 e. The molecule has 1 aromatic carbocycles. The molecule has 0 spiro atoms. The van der Waals surface area contributed by atoms with E-state index in [1.54, 1.807) is 10.7 Å². The standard InChI is InChI=1S/C18H19ClN4OS/c1-10-6-14(7-11(2)17(10)19)24-16-9-15(20-18(21-16)25-5)23-13(4)8-12(3)22-23/h6-9H,1-5H3. The molecule has 2 aromatic heterocycles. The van der Waals surface area contributed by atoms with E-state index in [-0.39, 0.29) is 0 Å². The lowest BCUT2D eigenvalue weighted by Crippen LogP contribution is -2.05. The van der Waals surface area contributed by atoms with E-state index in [2.05, 4.69) is 15.1 Å². The number of rotatable bonds is 4. The Bertz CT molecular complexity index is 916. The van der Waals surface area contributed by atoms with Crippen molar-refractivity contribution in [1.82, 2.24) is 19.7 Å². The predicted molar refractivity (Wildman–Crippen MR) is 101 cm³/mol. The molecule has 0 aliphatic rings. The number of halogens is 1. The van der Waals surface area contributed by atoms with Crippen LogP contribution in [0.15, 0.2) is 29.4 Å². The number of ether oxygens (including phenoxy) is 1. The molecular weight excluding hydrogens is 356 g/mol. The van der Waals surface area contributed by atoms with Gasteiger partial charge in [0.2, 0.25) is 5.88 Å². The number of aromatic nitrogens is 4. The van der Waals surface area contributed by atoms with Gasteiger partial charge in [0.1, 0.15) is 5.75 Å². The Morgan fingerprint density at radius 3 is 2.24 bits per heavy atom. The minimum absolute atomic E-state index is 0.475. The summed E-state index contributed by atoms with van der Waals surface area (Å²) in [4.78, 5) is 8.98. The molecule has 0 unspecified atom stereocenters. The van der Waals surface area contributed by atoms with Gasteiger partial charge in [0.25, 0.3) is 0 Å². The lowest BCUT2D eigenvalue weighted by atomic mass is 10.1. The average molecular weight is 375 g/mol. The fraction of sp³-hybridized carbons (Fsp3) is 0.278. The van der Waals surface area contributed by atoms with Crippen LogP contribution < -0.4 is 4.74 Å². The van der Waals surface area contributed by atoms with Gasteiger partial charge in [-0.1, -0.05) is 23.4 Å². The monoisotopic (exact) mass is 374 g/mol. The molecule has 0 atom stereocenters. The minimum atomic E-state index is 0.475. The van der Waals surface area contributed by atoms with Gasteiger partial charge in [-0.3, -0.25) is 0 Å². The van der Waals surface area contributed by atoms with Crippen LogP contribution in [0.3, 0.4) is 0 Å². The Hall–Kier alpha value is -2.05. The quantitative estimate of drug-likeness (QED) is 0.471. The van der Waals surface area contributed by atoms with Crippen molar-refractivity contribution in [1.29, 1.82) is 0 Å². The van der Waals surface area contributed by atoms with Crippen LogP contribution in [0.1, 0.15) is 22.5 Å². The van der Waals surface area contributed by atoms with Crippen molar-refractivity contribution in [3.05, 3.63) is 51.8 Å². The summed E-state index contributed by atoms with van der Waals surface area (Å²) >= 11 is 7.69. The Kier molecular flexibility index (Phi) is 5.01. The maximum atomic E-state index is 6.23. The fourth-order valence-corrected chi connectivity index (χ4v) is 3.07. The number of benzene rings is 1. The fourth-order valence-electron chi connectivity index (χ4n) is 2.59. The van der Waals surface area contributed by atoms with E-state index in [9.17, 15) is 0 Å². The van der Waals surface area contributed by atoms with Gasteiger partial charge in [-0.25, -0.2) is 9.67 Å². The molecule has 0 radical (unpaired) electrons. The van der Waals surface area contributed by atoms with E-state index in [0.29, 0.717) is 22.6 Å². The number of nitrogens with zero attached hydrogens (tertiary/aromatic N) is 4. The number of hydrogen-bond donors (Lipinski definition) is 0. The summed E-state index contributed by atoms with van der Waals surface area (Å²) < 4.78 is 7.78. The smallest absolute Gasteiger partial charge is 0.225 e. The van der Waals surface area contributed by atoms with Crippen LogP contribution >= 0.6 is 23.4 Å². The topological polar surface area (TPSA) is 52.8 Å². The van der Waals surface area contributed by atoms with Crippen LogP contribution in [0.25, 0.3) is 5.82 Å². The van der Waals surface area contributed by atoms with Crippen LogP contribution in [-0.2, 0) is 0 Å². The minimum Gasteiger partial charge on any atom is -0.439 e. The summed E-state index contributed by atoms with van der Waals surface area (Å²) in [5, 5.41) is 5.87. The van der Waals surface area contributed by atoms with Crippen molar-refractivity contribution < 1.29 is 4.74 Å². The lowest BCUT2D eigenvalue weighted by Gasteiger charge is -2.11. The first-order chi connectivity index (χ1) is 11.9. The number of thioether (sulfide) groups is 1. The van der Waals surface area contributed by atoms with Gasteiger partial charge in [0.05, 0.1) is 5.69 Å². The second-order valence-corrected chi connectivity index (χ2v) is 7.01. The van der Waals surface area contributed by atoms with Crippen LogP contribution in [0.4, 0.5) is 0 Å². The molecule has 130 valence electrons. The Morgan fingerprint density at radius 1 is 1.00 bits per heavy atom. The van der Waals surface area contributed by atoms with Crippen molar-refractivity contribution in [3.8, 4) is 17.4 Å². The SMILES string of the molecule is CSc1nc(Oc2cc(C)c(Cl)c(C)c2)cc(-n2nc(C)cc2C)n1. The van der Waals surface area contributed by atoms with E-state index in [1.165, 1.54) is 11.8 Å². The van der Waals surface area contributed by atoms with Crippen molar-refractivity contribution in [3.63, 3.8) is 0 Å². The Balaban J connectivity index is 2.02. The van der Waals surface area contributed by atoms with Crippen molar-refractivity contribution >= 4 is 23.4 Å². The first-order valence-corrected chi connectivity index (χ1v) is 9.39.